The number of ether oxygens (including phenoxy) is 1. The first-order valence-electron chi connectivity index (χ1n) is 8.10. The number of thiophene rings is 1. The second kappa shape index (κ2) is 8.18. The molecule has 0 unspecified atom stereocenters. The lowest BCUT2D eigenvalue weighted by Crippen LogP contribution is -2.29. The summed E-state index contributed by atoms with van der Waals surface area (Å²) in [7, 11) is 0. The van der Waals surface area contributed by atoms with Crippen molar-refractivity contribution in [2.24, 2.45) is 0 Å². The number of hydrogen-bond acceptors (Lipinski definition) is 5. The van der Waals surface area contributed by atoms with Gasteiger partial charge in [-0.25, -0.2) is 4.79 Å². The van der Waals surface area contributed by atoms with Crippen molar-refractivity contribution in [2.75, 3.05) is 5.32 Å². The number of aryl methyl sites for hydroxylation is 2. The third-order valence-electron chi connectivity index (χ3n) is 3.95. The maximum absolute atomic E-state index is 12.3. The van der Waals surface area contributed by atoms with Crippen molar-refractivity contribution in [2.45, 2.75) is 42.9 Å². The van der Waals surface area contributed by atoms with Gasteiger partial charge in [0.2, 0.25) is 0 Å². The number of alkyl halides is 2. The van der Waals surface area contributed by atoms with Crippen LogP contribution in [0.25, 0.3) is 0 Å². The normalized spacial score (nSPS) is 14.2. The van der Waals surface area contributed by atoms with Gasteiger partial charge in [-0.1, -0.05) is 11.8 Å². The zero-order valence-corrected chi connectivity index (χ0v) is 15.6. The van der Waals surface area contributed by atoms with Gasteiger partial charge in [-0.15, -0.1) is 11.3 Å². The van der Waals surface area contributed by atoms with E-state index in [9.17, 15) is 18.4 Å². The van der Waals surface area contributed by atoms with Crippen LogP contribution < -0.4 is 5.32 Å². The van der Waals surface area contributed by atoms with Crippen molar-refractivity contribution in [3.05, 3.63) is 45.6 Å². The van der Waals surface area contributed by atoms with Gasteiger partial charge >= 0.3 is 5.97 Å². The Morgan fingerprint density at radius 3 is 2.62 bits per heavy atom. The van der Waals surface area contributed by atoms with E-state index in [1.807, 2.05) is 6.07 Å². The summed E-state index contributed by atoms with van der Waals surface area (Å²) in [5.74, 6) is -3.47. The molecular weight excluding hydrogens is 380 g/mol. The average Bonchev–Trinajstić information content (AvgIpc) is 3.17. The molecule has 138 valence electrons. The molecule has 0 radical (unpaired) electrons. The van der Waals surface area contributed by atoms with Crippen molar-refractivity contribution in [3.63, 3.8) is 0 Å². The van der Waals surface area contributed by atoms with Crippen molar-refractivity contribution in [1.29, 1.82) is 0 Å². The van der Waals surface area contributed by atoms with Crippen molar-refractivity contribution >= 4 is 40.7 Å². The molecule has 1 atom stereocenters. The predicted octanol–water partition coefficient (Wildman–Crippen LogP) is 4.74. The molecule has 1 N–H and O–H groups in total. The van der Waals surface area contributed by atoms with E-state index >= 15 is 0 Å². The number of benzene rings is 1. The van der Waals surface area contributed by atoms with E-state index < -0.39 is 23.7 Å². The lowest BCUT2D eigenvalue weighted by Gasteiger charge is -2.13. The second-order valence-corrected chi connectivity index (χ2v) is 8.05. The van der Waals surface area contributed by atoms with Crippen LogP contribution in [0.15, 0.2) is 35.2 Å². The lowest BCUT2D eigenvalue weighted by atomic mass is 10.2. The minimum atomic E-state index is -2.49. The highest BCUT2D eigenvalue weighted by molar-refractivity contribution is 7.99. The number of thioether (sulfide) groups is 1. The van der Waals surface area contributed by atoms with E-state index in [0.29, 0.717) is 27.2 Å². The number of esters is 1. The Balaban J connectivity index is 1.54. The van der Waals surface area contributed by atoms with Gasteiger partial charge in [0.15, 0.2) is 6.10 Å². The van der Waals surface area contributed by atoms with E-state index in [0.717, 1.165) is 19.3 Å². The number of carbonyl (C=O) groups excluding carboxylic acids is 2. The number of anilines is 1. The van der Waals surface area contributed by atoms with Crippen LogP contribution in [-0.2, 0) is 22.4 Å². The monoisotopic (exact) mass is 397 g/mol. The van der Waals surface area contributed by atoms with Crippen molar-refractivity contribution in [1.82, 2.24) is 0 Å². The number of nitrogens with one attached hydrogen (secondary N) is 1. The van der Waals surface area contributed by atoms with Crippen LogP contribution >= 0.6 is 23.1 Å². The first-order valence-corrected chi connectivity index (χ1v) is 9.80. The van der Waals surface area contributed by atoms with Gasteiger partial charge in [0.25, 0.3) is 11.7 Å². The molecule has 0 bridgehead atoms. The first kappa shape index (κ1) is 18.8. The molecule has 1 aromatic heterocycles. The molecule has 1 heterocycles. The molecule has 1 aliphatic carbocycles. The highest BCUT2D eigenvalue weighted by atomic mass is 32.2. The summed E-state index contributed by atoms with van der Waals surface area (Å²) in [4.78, 5) is 26.5. The summed E-state index contributed by atoms with van der Waals surface area (Å²) in [6.45, 7) is 1.50. The van der Waals surface area contributed by atoms with E-state index in [1.165, 1.54) is 53.0 Å². The highest BCUT2D eigenvalue weighted by Gasteiger charge is 2.23. The second-order valence-electron chi connectivity index (χ2n) is 5.85. The summed E-state index contributed by atoms with van der Waals surface area (Å²) in [6.07, 6.45) is 2.12. The van der Waals surface area contributed by atoms with Crippen LogP contribution in [0.1, 0.15) is 33.5 Å². The number of carbonyl (C=O) groups is 2. The Kier molecular flexibility index (Phi) is 5.93. The largest absolute Gasteiger partial charge is 0.448 e. The molecule has 1 amide bonds. The number of hydrogen-bond donors (Lipinski definition) is 1. The number of amides is 1. The van der Waals surface area contributed by atoms with E-state index in [2.05, 4.69) is 5.32 Å². The molecule has 0 aliphatic heterocycles. The fourth-order valence-electron chi connectivity index (χ4n) is 2.67. The van der Waals surface area contributed by atoms with Gasteiger partial charge in [0.1, 0.15) is 4.88 Å². The van der Waals surface area contributed by atoms with E-state index in [1.54, 1.807) is 0 Å². The molecule has 2 aromatic rings. The number of halogens is 2. The van der Waals surface area contributed by atoms with Gasteiger partial charge in [-0.05, 0) is 62.1 Å². The zero-order chi connectivity index (χ0) is 18.7. The Morgan fingerprint density at radius 2 is 1.96 bits per heavy atom. The van der Waals surface area contributed by atoms with Gasteiger partial charge in [-0.3, -0.25) is 4.79 Å². The van der Waals surface area contributed by atoms with Crippen LogP contribution in [0.3, 0.4) is 0 Å². The first-order chi connectivity index (χ1) is 12.4. The van der Waals surface area contributed by atoms with Gasteiger partial charge in [0, 0.05) is 15.5 Å². The standard InChI is InChI=1S/C18H17F2NO3S2/c1-10(24-17(23)15-9-11-3-2-4-14(11)26-15)16(22)21-12-5-7-13(8-6-12)25-18(19)20/h5-10,18H,2-4H2,1H3,(H,21,22)/t10-/m0/s1. The molecule has 0 spiro atoms. The Morgan fingerprint density at radius 1 is 1.23 bits per heavy atom. The van der Waals surface area contributed by atoms with Crippen LogP contribution in [0.5, 0.6) is 0 Å². The van der Waals surface area contributed by atoms with Crippen LogP contribution in [0, 0.1) is 0 Å². The van der Waals surface area contributed by atoms with Crippen molar-refractivity contribution in [3.8, 4) is 0 Å². The summed E-state index contributed by atoms with van der Waals surface area (Å²) in [5, 5.41) is 2.61. The SMILES string of the molecule is C[C@H](OC(=O)c1cc2c(s1)CCC2)C(=O)Nc1ccc(SC(F)F)cc1. The number of fused-ring (bicyclic) bond motifs is 1. The Labute approximate surface area is 157 Å². The molecule has 0 saturated heterocycles. The fraction of sp³-hybridized carbons (Fsp3) is 0.333. The molecule has 1 aliphatic rings. The van der Waals surface area contributed by atoms with Crippen molar-refractivity contribution < 1.29 is 23.1 Å². The van der Waals surface area contributed by atoms with Crippen LogP contribution in [-0.4, -0.2) is 23.7 Å². The molecule has 26 heavy (non-hydrogen) atoms. The summed E-state index contributed by atoms with van der Waals surface area (Å²) in [5.41, 5.74) is 1.65. The molecule has 4 nitrogen and oxygen atoms in total. The summed E-state index contributed by atoms with van der Waals surface area (Å²) in [6, 6.07) is 7.90. The number of rotatable bonds is 6. The molecule has 3 rings (SSSR count). The maximum atomic E-state index is 12.3. The molecule has 0 fully saturated rings. The van der Waals surface area contributed by atoms with E-state index in [-0.39, 0.29) is 0 Å². The predicted molar refractivity (Wildman–Crippen MR) is 98.2 cm³/mol. The minimum Gasteiger partial charge on any atom is -0.448 e. The van der Waals surface area contributed by atoms with Gasteiger partial charge in [-0.2, -0.15) is 8.78 Å². The van der Waals surface area contributed by atoms with Crippen LogP contribution in [0.4, 0.5) is 14.5 Å². The fourth-order valence-corrected chi connectivity index (χ4v) is 4.30. The molecule has 0 saturated carbocycles. The van der Waals surface area contributed by atoms with Gasteiger partial charge in [0.05, 0.1) is 0 Å². The Hall–Kier alpha value is -1.93. The summed E-state index contributed by atoms with van der Waals surface area (Å²) >= 11 is 1.86. The minimum absolute atomic E-state index is 0.406. The molecule has 8 heteroatoms. The van der Waals surface area contributed by atoms with E-state index in [4.69, 9.17) is 4.74 Å². The quantitative estimate of drug-likeness (QED) is 0.565. The average molecular weight is 397 g/mol. The third-order valence-corrected chi connectivity index (χ3v) is 5.89. The third kappa shape index (κ3) is 4.62. The topological polar surface area (TPSA) is 55.4 Å². The maximum Gasteiger partial charge on any atom is 0.349 e. The lowest BCUT2D eigenvalue weighted by molar-refractivity contribution is -0.123. The highest BCUT2D eigenvalue weighted by Crippen LogP contribution is 2.31. The molecule has 1 aromatic carbocycles. The smallest absolute Gasteiger partial charge is 0.349 e. The Bertz CT molecular complexity index is 784. The zero-order valence-electron chi connectivity index (χ0n) is 14.0. The summed E-state index contributed by atoms with van der Waals surface area (Å²) < 4.78 is 29.8. The van der Waals surface area contributed by atoms with Gasteiger partial charge < -0.3 is 10.1 Å². The van der Waals surface area contributed by atoms with Crippen LogP contribution in [0.2, 0.25) is 0 Å². The molecular formula is C18H17F2NO3S2.